The number of nitrogens with one attached hydrogen (secondary N) is 1. The second-order valence-electron chi connectivity index (χ2n) is 3.98. The Morgan fingerprint density at radius 1 is 1.47 bits per heavy atom. The number of nitrogens with two attached hydrogens (primary N) is 1. The Kier molecular flexibility index (Phi) is 4.34. The molecular formula is C12H15FN2O2. The third kappa shape index (κ3) is 3.96. The predicted octanol–water partition coefficient (Wildman–Crippen LogP) is 1.70. The third-order valence-electron chi connectivity index (χ3n) is 2.10. The van der Waals surface area contributed by atoms with Gasteiger partial charge < -0.3 is 11.1 Å². The van der Waals surface area contributed by atoms with Crippen LogP contribution in [-0.2, 0) is 4.79 Å². The minimum atomic E-state index is -0.508. The molecule has 17 heavy (non-hydrogen) atoms. The summed E-state index contributed by atoms with van der Waals surface area (Å²) >= 11 is 0. The molecule has 0 aliphatic heterocycles. The van der Waals surface area contributed by atoms with E-state index in [4.69, 9.17) is 5.73 Å². The average Bonchev–Trinajstić information content (AvgIpc) is 2.15. The van der Waals surface area contributed by atoms with Crippen LogP contribution in [0.15, 0.2) is 18.2 Å². The van der Waals surface area contributed by atoms with Crippen LogP contribution in [0.2, 0.25) is 0 Å². The molecule has 1 rings (SSSR count). The summed E-state index contributed by atoms with van der Waals surface area (Å²) in [5.41, 5.74) is 5.99. The minimum absolute atomic E-state index is 0.151. The van der Waals surface area contributed by atoms with E-state index in [1.165, 1.54) is 19.1 Å². The normalized spacial score (nSPS) is 12.0. The van der Waals surface area contributed by atoms with Gasteiger partial charge in [-0.25, -0.2) is 4.39 Å². The van der Waals surface area contributed by atoms with Crippen LogP contribution in [0.5, 0.6) is 0 Å². The smallest absolute Gasteiger partial charge is 0.221 e. The number of Topliss-reactive ketones (excluding diaryl/α,β-unsaturated/α-hetero) is 1. The van der Waals surface area contributed by atoms with Crippen molar-refractivity contribution < 1.29 is 14.0 Å². The number of halogens is 1. The van der Waals surface area contributed by atoms with Gasteiger partial charge in [0, 0.05) is 24.9 Å². The van der Waals surface area contributed by atoms with E-state index < -0.39 is 5.82 Å². The van der Waals surface area contributed by atoms with E-state index >= 15 is 0 Å². The number of ketones is 1. The molecule has 4 nitrogen and oxygen atoms in total. The first-order valence-corrected chi connectivity index (χ1v) is 5.26. The maximum Gasteiger partial charge on any atom is 0.221 e. The minimum Gasteiger partial charge on any atom is -0.328 e. The third-order valence-corrected chi connectivity index (χ3v) is 2.10. The molecule has 0 fully saturated rings. The van der Waals surface area contributed by atoms with E-state index in [0.717, 1.165) is 6.07 Å². The molecule has 0 saturated carbocycles. The Bertz CT molecular complexity index is 444. The molecule has 0 heterocycles. The van der Waals surface area contributed by atoms with E-state index in [9.17, 15) is 14.0 Å². The molecule has 1 unspecified atom stereocenters. The molecule has 1 amide bonds. The number of carbonyl (C=O) groups is 2. The van der Waals surface area contributed by atoms with Crippen LogP contribution in [0.1, 0.15) is 30.6 Å². The molecule has 1 aromatic rings. The first-order chi connectivity index (χ1) is 7.90. The largest absolute Gasteiger partial charge is 0.328 e. The Morgan fingerprint density at radius 2 is 2.12 bits per heavy atom. The lowest BCUT2D eigenvalue weighted by atomic mass is 10.0. The summed E-state index contributed by atoms with van der Waals surface area (Å²) in [7, 11) is 0. The number of carbonyl (C=O) groups excluding carboxylic acids is 2. The van der Waals surface area contributed by atoms with Crippen molar-refractivity contribution in [3.05, 3.63) is 29.6 Å². The van der Waals surface area contributed by atoms with Crippen LogP contribution < -0.4 is 11.1 Å². The highest BCUT2D eigenvalue weighted by Crippen LogP contribution is 2.19. The van der Waals surface area contributed by atoms with Crippen LogP contribution in [-0.4, -0.2) is 17.7 Å². The molecule has 0 spiro atoms. The van der Waals surface area contributed by atoms with E-state index in [1.54, 1.807) is 6.92 Å². The first kappa shape index (κ1) is 13.3. The van der Waals surface area contributed by atoms with Gasteiger partial charge in [-0.05, 0) is 25.1 Å². The second-order valence-corrected chi connectivity index (χ2v) is 3.98. The molecule has 5 heteroatoms. The molecule has 0 aliphatic carbocycles. The summed E-state index contributed by atoms with van der Waals surface area (Å²) in [4.78, 5) is 22.8. The molecule has 92 valence electrons. The van der Waals surface area contributed by atoms with Crippen LogP contribution in [0, 0.1) is 5.82 Å². The van der Waals surface area contributed by atoms with Crippen molar-refractivity contribution in [2.75, 3.05) is 5.32 Å². The van der Waals surface area contributed by atoms with Crippen LogP contribution >= 0.6 is 0 Å². The van der Waals surface area contributed by atoms with Crippen molar-refractivity contribution in [2.45, 2.75) is 26.3 Å². The fraction of sp³-hybridized carbons (Fsp3) is 0.333. The second kappa shape index (κ2) is 5.54. The SMILES string of the molecule is CC(=O)Nc1cc(F)ccc1C(=O)CC(C)N. The number of rotatable bonds is 4. The van der Waals surface area contributed by atoms with Crippen molar-refractivity contribution in [3.63, 3.8) is 0 Å². The zero-order valence-corrected chi connectivity index (χ0v) is 9.79. The summed E-state index contributed by atoms with van der Waals surface area (Å²) in [6, 6.07) is 3.37. The fourth-order valence-electron chi connectivity index (χ4n) is 1.46. The number of anilines is 1. The first-order valence-electron chi connectivity index (χ1n) is 5.26. The lowest BCUT2D eigenvalue weighted by molar-refractivity contribution is -0.114. The van der Waals surface area contributed by atoms with Gasteiger partial charge in [-0.15, -0.1) is 0 Å². The summed E-state index contributed by atoms with van der Waals surface area (Å²) in [6.45, 7) is 3.00. The van der Waals surface area contributed by atoms with Crippen molar-refractivity contribution in [2.24, 2.45) is 5.73 Å². The van der Waals surface area contributed by atoms with E-state index in [2.05, 4.69) is 5.32 Å². The van der Waals surface area contributed by atoms with Gasteiger partial charge in [-0.3, -0.25) is 9.59 Å². The van der Waals surface area contributed by atoms with Gasteiger partial charge in [0.1, 0.15) is 5.82 Å². The Hall–Kier alpha value is -1.75. The monoisotopic (exact) mass is 238 g/mol. The van der Waals surface area contributed by atoms with Gasteiger partial charge in [0.05, 0.1) is 5.69 Å². The number of benzene rings is 1. The topological polar surface area (TPSA) is 72.2 Å². The molecular weight excluding hydrogens is 223 g/mol. The zero-order valence-electron chi connectivity index (χ0n) is 9.79. The molecule has 0 radical (unpaired) electrons. The Morgan fingerprint density at radius 3 is 2.65 bits per heavy atom. The summed E-state index contributed by atoms with van der Waals surface area (Å²) < 4.78 is 13.0. The van der Waals surface area contributed by atoms with Gasteiger partial charge >= 0.3 is 0 Å². The predicted molar refractivity (Wildman–Crippen MR) is 63.3 cm³/mol. The molecule has 0 saturated heterocycles. The van der Waals surface area contributed by atoms with Gasteiger partial charge in [0.2, 0.25) is 5.91 Å². The number of hydrogen-bond donors (Lipinski definition) is 2. The van der Waals surface area contributed by atoms with E-state index in [0.29, 0.717) is 0 Å². The number of amides is 1. The maximum atomic E-state index is 13.0. The van der Waals surface area contributed by atoms with Crippen molar-refractivity contribution in [1.29, 1.82) is 0 Å². The van der Waals surface area contributed by atoms with Crippen LogP contribution in [0.25, 0.3) is 0 Å². The number of hydrogen-bond acceptors (Lipinski definition) is 3. The summed E-state index contributed by atoms with van der Waals surface area (Å²) in [5, 5.41) is 2.43. The lowest BCUT2D eigenvalue weighted by Gasteiger charge is -2.10. The van der Waals surface area contributed by atoms with Crippen molar-refractivity contribution >= 4 is 17.4 Å². The standard InChI is InChI=1S/C12H15FN2O2/c1-7(14)5-12(17)10-4-3-9(13)6-11(10)15-8(2)16/h3-4,6-7H,5,14H2,1-2H3,(H,15,16). The van der Waals surface area contributed by atoms with Gasteiger partial charge in [-0.2, -0.15) is 0 Å². The van der Waals surface area contributed by atoms with Crippen molar-refractivity contribution in [1.82, 2.24) is 0 Å². The van der Waals surface area contributed by atoms with Gasteiger partial charge in [-0.1, -0.05) is 0 Å². The summed E-state index contributed by atoms with van der Waals surface area (Å²) in [5.74, 6) is -1.08. The molecule has 0 aromatic heterocycles. The van der Waals surface area contributed by atoms with Gasteiger partial charge in [0.15, 0.2) is 5.78 Å². The highest BCUT2D eigenvalue weighted by molar-refractivity contribution is 6.04. The summed E-state index contributed by atoms with van der Waals surface area (Å²) in [6.07, 6.45) is 0.151. The van der Waals surface area contributed by atoms with E-state index in [-0.39, 0.29) is 35.4 Å². The molecule has 0 aliphatic rings. The quantitative estimate of drug-likeness (QED) is 0.784. The van der Waals surface area contributed by atoms with E-state index in [1.807, 2.05) is 0 Å². The molecule has 1 atom stereocenters. The average molecular weight is 238 g/mol. The highest BCUT2D eigenvalue weighted by atomic mass is 19.1. The Balaban J connectivity index is 3.05. The van der Waals surface area contributed by atoms with Crippen LogP contribution in [0.4, 0.5) is 10.1 Å². The fourth-order valence-corrected chi connectivity index (χ4v) is 1.46. The van der Waals surface area contributed by atoms with Crippen LogP contribution in [0.3, 0.4) is 0 Å². The molecule has 1 aromatic carbocycles. The van der Waals surface area contributed by atoms with Crippen molar-refractivity contribution in [3.8, 4) is 0 Å². The zero-order chi connectivity index (χ0) is 13.0. The highest BCUT2D eigenvalue weighted by Gasteiger charge is 2.14. The maximum absolute atomic E-state index is 13.0. The molecule has 0 bridgehead atoms. The lowest BCUT2D eigenvalue weighted by Crippen LogP contribution is -2.21. The van der Waals surface area contributed by atoms with Gasteiger partial charge in [0.25, 0.3) is 0 Å². The molecule has 3 N–H and O–H groups in total. The Labute approximate surface area is 99.0 Å².